The number of likely N-dealkylation sites (tertiary alicyclic amines) is 1. The molecule has 1 saturated heterocycles. The molecule has 333 valence electrons. The number of hydrogen-bond acceptors (Lipinski definition) is 8. The van der Waals surface area contributed by atoms with Crippen LogP contribution in [0.3, 0.4) is 0 Å². The molecule has 1 fully saturated rings. The van der Waals surface area contributed by atoms with Crippen molar-refractivity contribution in [1.29, 1.82) is 0 Å². The highest BCUT2D eigenvalue weighted by Gasteiger charge is 2.23. The standard InChI is InChI=1S/C49H90NO7/c1-6-11-15-19-22-26-31-44(30-25-18-14-9-4)33-34-46(43-57-49(52)56-41-45-32-29-37-50(10-5)40-45)42-55-47(51)35-36-48(53-38-27-23-20-16-12-7-2)54-39-28-24-21-17-13-8-3/h11-13,16-17,44-46,48H,6-10,14-15,18-43H2,1-5H3/b16-12-,17-13-. The van der Waals surface area contributed by atoms with Crippen LogP contribution in [-0.4, -0.2) is 76.0 Å². The summed E-state index contributed by atoms with van der Waals surface area (Å²) in [5.74, 6) is 0.650. The molecule has 0 aromatic rings. The zero-order valence-electron chi connectivity index (χ0n) is 37.8. The summed E-state index contributed by atoms with van der Waals surface area (Å²) in [4.78, 5) is 28.4. The Morgan fingerprint density at radius 1 is 0.632 bits per heavy atom. The summed E-state index contributed by atoms with van der Waals surface area (Å²) in [5.41, 5.74) is 0. The van der Waals surface area contributed by atoms with Gasteiger partial charge in [-0.25, -0.2) is 4.79 Å². The maximum absolute atomic E-state index is 13.2. The number of ether oxygens (including phenoxy) is 5. The Hall–Kier alpha value is -1.90. The van der Waals surface area contributed by atoms with E-state index >= 15 is 0 Å². The third kappa shape index (κ3) is 32.6. The molecule has 1 radical (unpaired) electrons. The number of esters is 1. The average molecular weight is 805 g/mol. The lowest BCUT2D eigenvalue weighted by molar-refractivity contribution is -0.160. The van der Waals surface area contributed by atoms with E-state index in [2.05, 4.69) is 70.2 Å². The average Bonchev–Trinajstić information content (AvgIpc) is 3.23. The Labute approximate surface area is 352 Å². The molecule has 57 heavy (non-hydrogen) atoms. The van der Waals surface area contributed by atoms with Gasteiger partial charge in [0.1, 0.15) is 6.61 Å². The van der Waals surface area contributed by atoms with E-state index < -0.39 is 12.4 Å². The number of hydrogen-bond donors (Lipinski definition) is 0. The number of nitrogens with zero attached hydrogens (tertiary/aromatic N) is 1. The van der Waals surface area contributed by atoms with Gasteiger partial charge in [-0.3, -0.25) is 4.79 Å². The third-order valence-corrected chi connectivity index (χ3v) is 11.2. The molecule has 0 aromatic carbocycles. The van der Waals surface area contributed by atoms with Gasteiger partial charge >= 0.3 is 12.1 Å². The second-order valence-corrected chi connectivity index (χ2v) is 16.4. The van der Waals surface area contributed by atoms with E-state index in [1.807, 2.05) is 0 Å². The molecule has 8 heteroatoms. The van der Waals surface area contributed by atoms with Gasteiger partial charge in [-0.2, -0.15) is 0 Å². The molecule has 0 saturated carbocycles. The molecule has 8 nitrogen and oxygen atoms in total. The first kappa shape index (κ1) is 53.1. The topological polar surface area (TPSA) is 83.5 Å². The first-order valence-corrected chi connectivity index (χ1v) is 24.0. The second kappa shape index (κ2) is 39.6. The van der Waals surface area contributed by atoms with Crippen LogP contribution < -0.4 is 0 Å². The van der Waals surface area contributed by atoms with Gasteiger partial charge < -0.3 is 28.6 Å². The third-order valence-electron chi connectivity index (χ3n) is 11.2. The molecule has 0 bridgehead atoms. The number of carbonyl (C=O) groups is 2. The van der Waals surface area contributed by atoms with Gasteiger partial charge in [0, 0.05) is 38.0 Å². The maximum atomic E-state index is 13.2. The molecule has 1 rings (SSSR count). The van der Waals surface area contributed by atoms with E-state index in [9.17, 15) is 9.59 Å². The van der Waals surface area contributed by atoms with Gasteiger partial charge in [0.15, 0.2) is 6.29 Å². The number of rotatable bonds is 39. The van der Waals surface area contributed by atoms with Gasteiger partial charge in [-0.05, 0) is 102 Å². The van der Waals surface area contributed by atoms with Gasteiger partial charge in [0.25, 0.3) is 0 Å². The SMILES string of the molecule is CC[CH]CCCCCC(CCCCCC)CCC(COC(=O)CCC(OCCCC/C=C\CC)OCCCC/C=C\CC)COC(=O)OCC1CCCN(CC)C1. The number of unbranched alkanes of at least 4 members (excludes halogenated alkanes) is 12. The molecule has 1 heterocycles. The molecule has 1 aliphatic rings. The van der Waals surface area contributed by atoms with Crippen LogP contribution in [0.4, 0.5) is 4.79 Å². The van der Waals surface area contributed by atoms with Crippen LogP contribution in [0.15, 0.2) is 24.3 Å². The number of piperidine rings is 1. The van der Waals surface area contributed by atoms with E-state index in [0.717, 1.165) is 103 Å². The van der Waals surface area contributed by atoms with E-state index in [-0.39, 0.29) is 31.5 Å². The molecule has 1 aliphatic heterocycles. The lowest BCUT2D eigenvalue weighted by Gasteiger charge is -2.31. The Balaban J connectivity index is 2.78. The molecule has 0 aromatic heterocycles. The predicted molar refractivity (Wildman–Crippen MR) is 237 cm³/mol. The summed E-state index contributed by atoms with van der Waals surface area (Å²) in [6, 6.07) is 0. The van der Waals surface area contributed by atoms with Crippen LogP contribution in [0.2, 0.25) is 0 Å². The minimum Gasteiger partial charge on any atom is -0.465 e. The summed E-state index contributed by atoms with van der Waals surface area (Å²) in [5, 5.41) is 0. The van der Waals surface area contributed by atoms with Crippen LogP contribution in [0, 0.1) is 24.2 Å². The Bertz CT molecular complexity index is 947. The molecule has 0 N–H and O–H groups in total. The quantitative estimate of drug-likeness (QED) is 0.0263. The van der Waals surface area contributed by atoms with Crippen LogP contribution in [0.5, 0.6) is 0 Å². The van der Waals surface area contributed by atoms with E-state index in [1.165, 1.54) is 64.2 Å². The van der Waals surface area contributed by atoms with E-state index in [1.54, 1.807) is 0 Å². The summed E-state index contributed by atoms with van der Waals surface area (Å²) >= 11 is 0. The predicted octanol–water partition coefficient (Wildman–Crippen LogP) is 13.4. The summed E-state index contributed by atoms with van der Waals surface area (Å²) in [6.45, 7) is 16.1. The van der Waals surface area contributed by atoms with Gasteiger partial charge in [0.05, 0.1) is 19.6 Å². The van der Waals surface area contributed by atoms with Crippen molar-refractivity contribution in [2.45, 2.75) is 201 Å². The smallest absolute Gasteiger partial charge is 0.465 e. The van der Waals surface area contributed by atoms with Gasteiger partial charge in [-0.15, -0.1) is 0 Å². The summed E-state index contributed by atoms with van der Waals surface area (Å²) in [6.07, 6.45) is 37.0. The Morgan fingerprint density at radius 2 is 1.26 bits per heavy atom. The zero-order valence-corrected chi connectivity index (χ0v) is 37.8. The first-order valence-electron chi connectivity index (χ1n) is 24.0. The van der Waals surface area contributed by atoms with Crippen molar-refractivity contribution >= 4 is 12.1 Å². The number of allylic oxidation sites excluding steroid dienone is 4. The van der Waals surface area contributed by atoms with Crippen molar-refractivity contribution in [3.8, 4) is 0 Å². The minimum absolute atomic E-state index is 0.0733. The largest absolute Gasteiger partial charge is 0.508 e. The maximum Gasteiger partial charge on any atom is 0.508 e. The first-order chi connectivity index (χ1) is 27.9. The van der Waals surface area contributed by atoms with E-state index in [0.29, 0.717) is 38.1 Å². The normalized spacial score (nSPS) is 16.1. The highest BCUT2D eigenvalue weighted by Crippen LogP contribution is 2.26. The van der Waals surface area contributed by atoms with Crippen molar-refractivity contribution in [2.75, 3.05) is 52.7 Å². The van der Waals surface area contributed by atoms with Crippen molar-refractivity contribution < 1.29 is 33.3 Å². The Morgan fingerprint density at radius 3 is 1.89 bits per heavy atom. The van der Waals surface area contributed by atoms with Crippen molar-refractivity contribution in [3.63, 3.8) is 0 Å². The molecule has 3 atom stereocenters. The highest BCUT2D eigenvalue weighted by atomic mass is 16.7. The molecule has 3 unspecified atom stereocenters. The fourth-order valence-electron chi connectivity index (χ4n) is 7.53. The lowest BCUT2D eigenvalue weighted by Crippen LogP contribution is -2.37. The fraction of sp³-hybridized carbons (Fsp3) is 0.857. The van der Waals surface area contributed by atoms with Crippen LogP contribution in [-0.2, 0) is 28.5 Å². The van der Waals surface area contributed by atoms with Crippen LogP contribution in [0.25, 0.3) is 0 Å². The van der Waals surface area contributed by atoms with Gasteiger partial charge in [-0.1, -0.05) is 130 Å². The zero-order chi connectivity index (χ0) is 41.4. The highest BCUT2D eigenvalue weighted by molar-refractivity contribution is 5.69. The molecular weight excluding hydrogens is 715 g/mol. The van der Waals surface area contributed by atoms with Crippen molar-refractivity contribution in [3.05, 3.63) is 30.7 Å². The van der Waals surface area contributed by atoms with Crippen molar-refractivity contribution in [1.82, 2.24) is 4.90 Å². The summed E-state index contributed by atoms with van der Waals surface area (Å²) in [7, 11) is 0. The van der Waals surface area contributed by atoms with Crippen LogP contribution in [0.1, 0.15) is 195 Å². The summed E-state index contributed by atoms with van der Waals surface area (Å²) < 4.78 is 29.5. The van der Waals surface area contributed by atoms with Gasteiger partial charge in [0.2, 0.25) is 0 Å². The molecule has 0 aliphatic carbocycles. The number of carbonyl (C=O) groups excluding carboxylic acids is 2. The fourth-order valence-corrected chi connectivity index (χ4v) is 7.53. The monoisotopic (exact) mass is 805 g/mol. The lowest BCUT2D eigenvalue weighted by atomic mass is 9.88. The van der Waals surface area contributed by atoms with Crippen molar-refractivity contribution in [2.24, 2.45) is 17.8 Å². The second-order valence-electron chi connectivity index (χ2n) is 16.4. The Kier molecular flexibility index (Phi) is 36.9. The van der Waals surface area contributed by atoms with E-state index in [4.69, 9.17) is 23.7 Å². The molecular formula is C49H90NO7. The minimum atomic E-state index is -0.611. The molecule has 0 spiro atoms. The molecule has 0 amide bonds. The van der Waals surface area contributed by atoms with Crippen LogP contribution >= 0.6 is 0 Å².